The second-order valence-corrected chi connectivity index (χ2v) is 7.09. The Morgan fingerprint density at radius 2 is 1.47 bits per heavy atom. The molecular weight excluding hydrogens is 378 g/mol. The van der Waals surface area contributed by atoms with Gasteiger partial charge in [-0.25, -0.2) is 4.99 Å². The Bertz CT molecular complexity index is 1120. The summed E-state index contributed by atoms with van der Waals surface area (Å²) in [6, 6.07) is 22.9. The van der Waals surface area contributed by atoms with E-state index in [0.717, 1.165) is 28.0 Å². The number of benzene rings is 3. The molecule has 30 heavy (non-hydrogen) atoms. The third kappa shape index (κ3) is 3.06. The normalized spacial score (nSPS) is 18.3. The molecule has 3 aromatic carbocycles. The van der Waals surface area contributed by atoms with E-state index < -0.39 is 5.54 Å². The molecule has 0 spiro atoms. The van der Waals surface area contributed by atoms with Gasteiger partial charge in [0.1, 0.15) is 11.5 Å². The Labute approximate surface area is 175 Å². The van der Waals surface area contributed by atoms with Gasteiger partial charge in [0.05, 0.1) is 14.2 Å². The van der Waals surface area contributed by atoms with Crippen LogP contribution < -0.4 is 15.2 Å². The van der Waals surface area contributed by atoms with Crippen LogP contribution in [0.4, 0.5) is 0 Å². The molecule has 152 valence electrons. The van der Waals surface area contributed by atoms with Crippen LogP contribution in [0.2, 0.25) is 0 Å². The summed E-state index contributed by atoms with van der Waals surface area (Å²) in [5, 5.41) is 0. The molecule has 0 saturated heterocycles. The maximum absolute atomic E-state index is 13.4. The average molecular weight is 401 g/mol. The zero-order valence-corrected chi connectivity index (χ0v) is 17.1. The van der Waals surface area contributed by atoms with Gasteiger partial charge in [0, 0.05) is 7.05 Å². The number of likely N-dealkylation sites (N-methyl/N-ethyl adjacent to an activating group) is 1. The molecule has 4 rings (SSSR count). The van der Waals surface area contributed by atoms with Crippen molar-refractivity contribution in [2.75, 3.05) is 21.3 Å². The van der Waals surface area contributed by atoms with Crippen molar-refractivity contribution in [1.82, 2.24) is 4.90 Å². The summed E-state index contributed by atoms with van der Waals surface area (Å²) in [5.41, 5.74) is 8.23. The number of aliphatic imine (C=N–C) groups is 1. The lowest BCUT2D eigenvalue weighted by Gasteiger charge is -2.26. The summed E-state index contributed by atoms with van der Waals surface area (Å²) in [5.74, 6) is 1.45. The highest BCUT2D eigenvalue weighted by Gasteiger charge is 2.49. The molecule has 6 nitrogen and oxygen atoms in total. The quantitative estimate of drug-likeness (QED) is 0.711. The summed E-state index contributed by atoms with van der Waals surface area (Å²) in [6.07, 6.45) is 0. The number of methoxy groups -OCH3 is 2. The lowest BCUT2D eigenvalue weighted by Crippen LogP contribution is -2.41. The molecule has 1 amide bonds. The number of amides is 1. The van der Waals surface area contributed by atoms with Crippen LogP contribution in [-0.2, 0) is 10.3 Å². The van der Waals surface area contributed by atoms with Crippen molar-refractivity contribution in [3.8, 4) is 22.6 Å². The number of rotatable bonds is 5. The highest BCUT2D eigenvalue weighted by atomic mass is 16.5. The first kappa shape index (κ1) is 19.5. The maximum atomic E-state index is 13.4. The average Bonchev–Trinajstić information content (AvgIpc) is 3.04. The Kier molecular flexibility index (Phi) is 4.91. The molecule has 6 heteroatoms. The molecule has 1 aliphatic heterocycles. The smallest absolute Gasteiger partial charge is 0.266 e. The standard InChI is InChI=1S/C24H23N3O3/c1-27-22(28)24(26-23(27)25,18-10-12-20(29-2)13-11-18)19-8-4-6-16(14-19)17-7-5-9-21(15-17)30-3/h4-15H,1-3H3,(H2,25,26). The Morgan fingerprint density at radius 1 is 0.833 bits per heavy atom. The van der Waals surface area contributed by atoms with E-state index in [0.29, 0.717) is 5.75 Å². The second-order valence-electron chi connectivity index (χ2n) is 7.09. The van der Waals surface area contributed by atoms with Crippen LogP contribution in [0, 0.1) is 0 Å². The molecule has 0 radical (unpaired) electrons. The van der Waals surface area contributed by atoms with Crippen molar-refractivity contribution >= 4 is 11.9 Å². The summed E-state index contributed by atoms with van der Waals surface area (Å²) in [4.78, 5) is 19.5. The zero-order valence-electron chi connectivity index (χ0n) is 17.1. The van der Waals surface area contributed by atoms with Crippen LogP contribution in [0.5, 0.6) is 11.5 Å². The Hall–Kier alpha value is -3.80. The van der Waals surface area contributed by atoms with Crippen LogP contribution in [-0.4, -0.2) is 38.0 Å². The van der Waals surface area contributed by atoms with Gasteiger partial charge in [-0.2, -0.15) is 0 Å². The van der Waals surface area contributed by atoms with Gasteiger partial charge in [0.15, 0.2) is 11.5 Å². The summed E-state index contributed by atoms with van der Waals surface area (Å²) >= 11 is 0. The molecule has 0 bridgehead atoms. The number of guanidine groups is 1. The van der Waals surface area contributed by atoms with Crippen LogP contribution in [0.1, 0.15) is 11.1 Å². The predicted octanol–water partition coefficient (Wildman–Crippen LogP) is 3.40. The summed E-state index contributed by atoms with van der Waals surface area (Å²) < 4.78 is 10.6. The van der Waals surface area contributed by atoms with Crippen molar-refractivity contribution in [1.29, 1.82) is 0 Å². The third-order valence-electron chi connectivity index (χ3n) is 5.43. The first-order chi connectivity index (χ1) is 14.5. The molecule has 1 heterocycles. The second kappa shape index (κ2) is 7.55. The number of hydrogen-bond donors (Lipinski definition) is 1. The monoisotopic (exact) mass is 401 g/mol. The highest BCUT2D eigenvalue weighted by molar-refractivity contribution is 6.09. The fourth-order valence-corrected chi connectivity index (χ4v) is 3.74. The minimum absolute atomic E-state index is 0.183. The van der Waals surface area contributed by atoms with Gasteiger partial charge in [-0.15, -0.1) is 0 Å². The molecule has 1 unspecified atom stereocenters. The van der Waals surface area contributed by atoms with E-state index >= 15 is 0 Å². The predicted molar refractivity (Wildman–Crippen MR) is 117 cm³/mol. The molecule has 0 saturated carbocycles. The number of carbonyl (C=O) groups excluding carboxylic acids is 1. The van der Waals surface area contributed by atoms with E-state index in [1.54, 1.807) is 21.3 Å². The lowest BCUT2D eigenvalue weighted by molar-refractivity contribution is -0.129. The number of carbonyl (C=O) groups is 1. The van der Waals surface area contributed by atoms with Gasteiger partial charge in [-0.3, -0.25) is 9.69 Å². The van der Waals surface area contributed by atoms with E-state index in [2.05, 4.69) is 4.99 Å². The molecule has 0 aromatic heterocycles. The van der Waals surface area contributed by atoms with Gasteiger partial charge in [0.25, 0.3) is 5.91 Å². The summed E-state index contributed by atoms with van der Waals surface area (Å²) in [6.45, 7) is 0. The van der Waals surface area contributed by atoms with Crippen LogP contribution >= 0.6 is 0 Å². The van der Waals surface area contributed by atoms with E-state index in [1.165, 1.54) is 4.90 Å². The molecule has 2 N–H and O–H groups in total. The molecule has 0 fully saturated rings. The van der Waals surface area contributed by atoms with Gasteiger partial charge < -0.3 is 15.2 Å². The minimum atomic E-state index is -1.25. The van der Waals surface area contributed by atoms with Crippen LogP contribution in [0.15, 0.2) is 77.8 Å². The van der Waals surface area contributed by atoms with Gasteiger partial charge in [0.2, 0.25) is 0 Å². The van der Waals surface area contributed by atoms with Crippen molar-refractivity contribution in [3.05, 3.63) is 83.9 Å². The number of nitrogens with two attached hydrogens (primary N) is 1. The van der Waals surface area contributed by atoms with E-state index in [9.17, 15) is 4.79 Å². The fourth-order valence-electron chi connectivity index (χ4n) is 3.74. The molecule has 1 atom stereocenters. The summed E-state index contributed by atoms with van der Waals surface area (Å²) in [7, 11) is 4.88. The third-order valence-corrected chi connectivity index (χ3v) is 5.43. The maximum Gasteiger partial charge on any atom is 0.266 e. The van der Waals surface area contributed by atoms with Crippen molar-refractivity contribution < 1.29 is 14.3 Å². The largest absolute Gasteiger partial charge is 0.497 e. The van der Waals surface area contributed by atoms with Crippen molar-refractivity contribution in [2.24, 2.45) is 10.7 Å². The molecular formula is C24H23N3O3. The lowest BCUT2D eigenvalue weighted by atomic mass is 9.81. The van der Waals surface area contributed by atoms with Crippen LogP contribution in [0.25, 0.3) is 11.1 Å². The zero-order chi connectivity index (χ0) is 21.3. The number of nitrogens with zero attached hydrogens (tertiary/aromatic N) is 2. The van der Waals surface area contributed by atoms with E-state index in [4.69, 9.17) is 15.2 Å². The van der Waals surface area contributed by atoms with Crippen molar-refractivity contribution in [2.45, 2.75) is 5.54 Å². The van der Waals surface area contributed by atoms with Crippen LogP contribution in [0.3, 0.4) is 0 Å². The topological polar surface area (TPSA) is 77.2 Å². The highest BCUT2D eigenvalue weighted by Crippen LogP contribution is 2.41. The first-order valence-corrected chi connectivity index (χ1v) is 9.52. The Balaban J connectivity index is 1.89. The first-order valence-electron chi connectivity index (χ1n) is 9.52. The fraction of sp³-hybridized carbons (Fsp3) is 0.167. The SMILES string of the molecule is COc1ccc(C2(c3cccc(-c4cccc(OC)c4)c3)N=C(N)N(C)C2=O)cc1. The molecule has 1 aliphatic rings. The molecule has 0 aliphatic carbocycles. The van der Waals surface area contributed by atoms with E-state index in [1.807, 2.05) is 72.8 Å². The Morgan fingerprint density at radius 3 is 2.07 bits per heavy atom. The van der Waals surface area contributed by atoms with Gasteiger partial charge in [-0.1, -0.05) is 42.5 Å². The molecule has 3 aromatic rings. The van der Waals surface area contributed by atoms with Gasteiger partial charge in [-0.05, 0) is 52.6 Å². The van der Waals surface area contributed by atoms with E-state index in [-0.39, 0.29) is 11.9 Å². The number of ether oxygens (including phenoxy) is 2. The number of hydrogen-bond acceptors (Lipinski definition) is 5. The minimum Gasteiger partial charge on any atom is -0.497 e. The van der Waals surface area contributed by atoms with Crippen molar-refractivity contribution in [3.63, 3.8) is 0 Å². The van der Waals surface area contributed by atoms with Gasteiger partial charge >= 0.3 is 0 Å².